The fourth-order valence-electron chi connectivity index (χ4n) is 5.60. The highest BCUT2D eigenvalue weighted by atomic mass is 16.5. The van der Waals surface area contributed by atoms with Crippen molar-refractivity contribution in [2.75, 3.05) is 6.61 Å². The number of fused-ring (bicyclic) bond motifs is 2. The maximum Gasteiger partial charge on any atom is 0.356 e. The van der Waals surface area contributed by atoms with E-state index in [1.165, 1.54) is 16.3 Å². The molecule has 2 unspecified atom stereocenters. The first-order valence-corrected chi connectivity index (χ1v) is 12.3. The van der Waals surface area contributed by atoms with E-state index in [0.717, 1.165) is 44.9 Å². The lowest BCUT2D eigenvalue weighted by atomic mass is 9.64. The van der Waals surface area contributed by atoms with Crippen molar-refractivity contribution in [1.29, 1.82) is 0 Å². The molecule has 2 saturated carbocycles. The van der Waals surface area contributed by atoms with E-state index >= 15 is 0 Å². The quantitative estimate of drug-likeness (QED) is 0.348. The molecule has 3 N–H and O–H groups in total. The molecule has 2 bridgehead atoms. The Kier molecular flexibility index (Phi) is 7.54. The fourth-order valence-corrected chi connectivity index (χ4v) is 5.60. The zero-order chi connectivity index (χ0) is 25.0. The number of hydrogen-bond donors (Lipinski definition) is 3. The number of carboxylic acid groups (broad SMARTS) is 1. The normalized spacial score (nSPS) is 27.6. The maximum absolute atomic E-state index is 13.1. The van der Waals surface area contributed by atoms with Crippen molar-refractivity contribution in [3.8, 4) is 0 Å². The lowest BCUT2D eigenvalue weighted by molar-refractivity contribution is -0.124. The Bertz CT molecular complexity index is 1060. The number of aromatic nitrogens is 2. The summed E-state index contributed by atoms with van der Waals surface area (Å²) in [6, 6.07) is 1.08. The highest BCUT2D eigenvalue weighted by Gasteiger charge is 2.44. The number of carboxylic acids is 1. The van der Waals surface area contributed by atoms with Gasteiger partial charge in [0.15, 0.2) is 5.69 Å². The van der Waals surface area contributed by atoms with Crippen LogP contribution in [-0.2, 0) is 16.1 Å². The molecule has 0 aromatic carbocycles. The molecule has 1 aromatic heterocycles. The monoisotopic (exact) mass is 482 g/mol. The summed E-state index contributed by atoms with van der Waals surface area (Å²) < 4.78 is 7.12. The van der Waals surface area contributed by atoms with Gasteiger partial charge >= 0.3 is 5.97 Å². The highest BCUT2D eigenvalue weighted by Crippen LogP contribution is 2.45. The standard InChI is InChI=1S/C26H34N4O5/c1-3-4-7-10-35-22-9-6-5-8-19(22)27-23(31)16-30-21(12-20(29-30)25(33)34)24(32)28-26-13-17(2)11-18(14-26)15-26/h3-4,7,12,14,17,19,22H,1,5-6,8-11,13,15-16H2,2H3,(H,27,31)(H,28,32)(H,33,34)/b7-4+/t17?,19-,22-,26?/m0/s1. The van der Waals surface area contributed by atoms with Gasteiger partial charge in [-0.15, -0.1) is 0 Å². The molecule has 188 valence electrons. The van der Waals surface area contributed by atoms with Gasteiger partial charge in [0.1, 0.15) is 12.2 Å². The molecule has 4 aliphatic carbocycles. The summed E-state index contributed by atoms with van der Waals surface area (Å²) in [4.78, 5) is 37.6. The number of amides is 2. The van der Waals surface area contributed by atoms with Crippen molar-refractivity contribution >= 4 is 17.8 Å². The minimum absolute atomic E-state index is 0.0676. The van der Waals surface area contributed by atoms with E-state index in [9.17, 15) is 19.5 Å². The number of rotatable bonds is 10. The number of carbonyl (C=O) groups is 3. The molecule has 0 radical (unpaired) electrons. The largest absolute Gasteiger partial charge is 0.476 e. The first kappa shape index (κ1) is 24.9. The second-order valence-corrected chi connectivity index (χ2v) is 9.97. The van der Waals surface area contributed by atoms with Crippen molar-refractivity contribution in [2.45, 2.75) is 76.1 Å². The molecule has 4 atom stereocenters. The number of allylic oxidation sites excluding steroid dienone is 2. The van der Waals surface area contributed by atoms with Gasteiger partial charge in [-0.2, -0.15) is 5.10 Å². The van der Waals surface area contributed by atoms with Gasteiger partial charge in [-0.1, -0.05) is 56.2 Å². The van der Waals surface area contributed by atoms with Crippen LogP contribution in [0.4, 0.5) is 0 Å². The van der Waals surface area contributed by atoms with Crippen molar-refractivity contribution in [1.82, 2.24) is 20.4 Å². The van der Waals surface area contributed by atoms with Gasteiger partial charge in [-0.25, -0.2) is 9.48 Å². The van der Waals surface area contributed by atoms with Crippen LogP contribution in [0.15, 0.2) is 42.5 Å². The predicted octanol–water partition coefficient (Wildman–Crippen LogP) is 3.00. The van der Waals surface area contributed by atoms with Crippen LogP contribution >= 0.6 is 0 Å². The van der Waals surface area contributed by atoms with Gasteiger partial charge in [0.2, 0.25) is 5.91 Å². The van der Waals surface area contributed by atoms with Crippen molar-refractivity contribution < 1.29 is 24.2 Å². The third-order valence-electron chi connectivity index (χ3n) is 6.96. The number of aromatic carboxylic acids is 1. The van der Waals surface area contributed by atoms with E-state index in [-0.39, 0.29) is 36.0 Å². The predicted molar refractivity (Wildman–Crippen MR) is 130 cm³/mol. The molecule has 0 saturated heterocycles. The topological polar surface area (TPSA) is 123 Å². The molecule has 35 heavy (non-hydrogen) atoms. The van der Waals surface area contributed by atoms with Gasteiger partial charge in [0.25, 0.3) is 5.91 Å². The number of carbonyl (C=O) groups excluding carboxylic acids is 2. The highest BCUT2D eigenvalue weighted by molar-refractivity contribution is 5.97. The van der Waals surface area contributed by atoms with E-state index in [1.54, 1.807) is 6.08 Å². The van der Waals surface area contributed by atoms with Crippen LogP contribution in [0.2, 0.25) is 0 Å². The van der Waals surface area contributed by atoms with E-state index in [0.29, 0.717) is 12.5 Å². The maximum atomic E-state index is 13.1. The van der Waals surface area contributed by atoms with Crippen LogP contribution in [0, 0.1) is 5.92 Å². The Labute approximate surface area is 205 Å². The van der Waals surface area contributed by atoms with Gasteiger partial charge in [0, 0.05) is 6.07 Å². The van der Waals surface area contributed by atoms with Crippen molar-refractivity contribution in [3.05, 3.63) is 53.9 Å². The van der Waals surface area contributed by atoms with Gasteiger partial charge in [0.05, 0.1) is 24.3 Å². The van der Waals surface area contributed by atoms with Gasteiger partial charge < -0.3 is 20.5 Å². The van der Waals surface area contributed by atoms with E-state index in [2.05, 4.69) is 35.3 Å². The molecule has 2 fully saturated rings. The zero-order valence-corrected chi connectivity index (χ0v) is 20.2. The molecule has 9 heteroatoms. The molecular weight excluding hydrogens is 448 g/mol. The molecule has 0 spiro atoms. The minimum Gasteiger partial charge on any atom is -0.476 e. The van der Waals surface area contributed by atoms with Crippen LogP contribution in [0.25, 0.3) is 0 Å². The minimum atomic E-state index is -1.25. The van der Waals surface area contributed by atoms with E-state index in [4.69, 9.17) is 4.74 Å². The Morgan fingerprint density at radius 1 is 1.34 bits per heavy atom. The molecular formula is C26H34N4O5. The number of hydrogen-bond acceptors (Lipinski definition) is 5. The Morgan fingerprint density at radius 2 is 2.11 bits per heavy atom. The number of nitrogens with one attached hydrogen (secondary N) is 2. The summed E-state index contributed by atoms with van der Waals surface area (Å²) in [5, 5.41) is 19.5. The fraction of sp³-hybridized carbons (Fsp3) is 0.538. The second-order valence-electron chi connectivity index (χ2n) is 9.97. The zero-order valence-electron chi connectivity index (χ0n) is 20.2. The summed E-state index contributed by atoms with van der Waals surface area (Å²) in [6.45, 7) is 5.98. The van der Waals surface area contributed by atoms with Gasteiger partial charge in [-0.3, -0.25) is 9.59 Å². The summed E-state index contributed by atoms with van der Waals surface area (Å²) >= 11 is 0. The third-order valence-corrected chi connectivity index (χ3v) is 6.96. The molecule has 1 heterocycles. The van der Waals surface area contributed by atoms with Crippen LogP contribution in [0.5, 0.6) is 0 Å². The number of nitrogens with zero attached hydrogens (tertiary/aromatic N) is 2. The molecule has 9 nitrogen and oxygen atoms in total. The van der Waals surface area contributed by atoms with Gasteiger partial charge in [-0.05, 0) is 38.0 Å². The summed E-state index contributed by atoms with van der Waals surface area (Å²) in [5.41, 5.74) is 0.748. The van der Waals surface area contributed by atoms with Crippen LogP contribution in [-0.4, -0.2) is 57.0 Å². The molecule has 0 aliphatic heterocycles. The molecule has 4 aliphatic rings. The first-order chi connectivity index (χ1) is 16.8. The SMILES string of the molecule is C=C/C=C/CO[C@H]1CCCC[C@@H]1NC(=O)Cn1nc(C(=O)O)cc1C(=O)NC12C=C(CC(C)C1)C2. The van der Waals surface area contributed by atoms with E-state index < -0.39 is 17.4 Å². The second kappa shape index (κ2) is 10.6. The molecule has 1 aromatic rings. The van der Waals surface area contributed by atoms with Crippen LogP contribution in [0.1, 0.15) is 72.8 Å². The number of ether oxygens (including phenoxy) is 1. The summed E-state index contributed by atoms with van der Waals surface area (Å²) in [7, 11) is 0. The van der Waals surface area contributed by atoms with E-state index in [1.807, 2.05) is 12.2 Å². The Morgan fingerprint density at radius 3 is 2.83 bits per heavy atom. The molecule has 5 rings (SSSR count). The third kappa shape index (κ3) is 5.90. The lowest BCUT2D eigenvalue weighted by Gasteiger charge is -2.47. The Balaban J connectivity index is 1.43. The smallest absolute Gasteiger partial charge is 0.356 e. The van der Waals surface area contributed by atoms with Crippen molar-refractivity contribution in [3.63, 3.8) is 0 Å². The van der Waals surface area contributed by atoms with Crippen LogP contribution < -0.4 is 10.6 Å². The first-order valence-electron chi connectivity index (χ1n) is 12.3. The lowest BCUT2D eigenvalue weighted by Crippen LogP contribution is -2.55. The van der Waals surface area contributed by atoms with Crippen LogP contribution in [0.3, 0.4) is 0 Å². The van der Waals surface area contributed by atoms with Crippen molar-refractivity contribution in [2.24, 2.45) is 5.92 Å². The Hall–Kier alpha value is -3.20. The summed E-state index contributed by atoms with van der Waals surface area (Å²) in [5.74, 6) is -1.53. The average molecular weight is 483 g/mol. The average Bonchev–Trinajstić information content (AvgIpc) is 3.21. The molecule has 2 amide bonds. The summed E-state index contributed by atoms with van der Waals surface area (Å²) in [6.07, 6.45) is 13.7.